The Hall–Kier alpha value is -1.89. The average Bonchev–Trinajstić information content (AvgIpc) is 2.95. The molecule has 0 saturated carbocycles. The molecule has 0 spiro atoms. The highest BCUT2D eigenvalue weighted by Crippen LogP contribution is 2.19. The van der Waals surface area contributed by atoms with Crippen molar-refractivity contribution < 1.29 is 4.79 Å². The van der Waals surface area contributed by atoms with E-state index < -0.39 is 0 Å². The molecule has 0 aliphatic carbocycles. The molecule has 0 radical (unpaired) electrons. The summed E-state index contributed by atoms with van der Waals surface area (Å²) in [6.07, 6.45) is 0.716. The van der Waals surface area contributed by atoms with Crippen LogP contribution < -0.4 is 11.1 Å². The van der Waals surface area contributed by atoms with Gasteiger partial charge >= 0.3 is 0 Å². The van der Waals surface area contributed by atoms with Crippen LogP contribution >= 0.6 is 11.3 Å². The third-order valence-corrected chi connectivity index (χ3v) is 3.95. The van der Waals surface area contributed by atoms with Crippen molar-refractivity contribution in [1.82, 2.24) is 20.5 Å². The number of amides is 1. The summed E-state index contributed by atoms with van der Waals surface area (Å²) in [6, 6.07) is -0.160. The summed E-state index contributed by atoms with van der Waals surface area (Å²) in [6.45, 7) is 5.76. The van der Waals surface area contributed by atoms with Crippen molar-refractivity contribution in [3.63, 3.8) is 0 Å². The van der Waals surface area contributed by atoms with Crippen LogP contribution in [0, 0.1) is 6.92 Å². The van der Waals surface area contributed by atoms with E-state index in [0.29, 0.717) is 12.1 Å². The molecule has 6 nitrogen and oxygen atoms in total. The number of hydrogen-bond acceptors (Lipinski definition) is 5. The van der Waals surface area contributed by atoms with E-state index in [1.54, 1.807) is 0 Å². The van der Waals surface area contributed by atoms with Crippen molar-refractivity contribution in [3.8, 4) is 0 Å². The maximum Gasteiger partial charge on any atom is 0.274 e. The summed E-state index contributed by atoms with van der Waals surface area (Å²) >= 11 is 1.52. The number of H-pyrrole nitrogens is 1. The van der Waals surface area contributed by atoms with Gasteiger partial charge in [-0.25, -0.2) is 4.98 Å². The molecule has 0 saturated heterocycles. The molecule has 4 N–H and O–H groups in total. The van der Waals surface area contributed by atoms with Gasteiger partial charge in [0.15, 0.2) is 5.69 Å². The quantitative estimate of drug-likeness (QED) is 0.795. The van der Waals surface area contributed by atoms with E-state index in [1.807, 2.05) is 26.2 Å². The van der Waals surface area contributed by atoms with Crippen molar-refractivity contribution in [2.75, 3.05) is 5.73 Å². The minimum Gasteiger partial charge on any atom is -0.395 e. The zero-order chi connectivity index (χ0) is 14.0. The van der Waals surface area contributed by atoms with E-state index in [0.717, 1.165) is 16.4 Å². The van der Waals surface area contributed by atoms with Crippen LogP contribution in [0.3, 0.4) is 0 Å². The Morgan fingerprint density at radius 3 is 2.89 bits per heavy atom. The molecule has 0 aliphatic heterocycles. The van der Waals surface area contributed by atoms with Crippen molar-refractivity contribution in [2.45, 2.75) is 33.2 Å². The van der Waals surface area contributed by atoms with Gasteiger partial charge in [-0.3, -0.25) is 9.89 Å². The van der Waals surface area contributed by atoms with Gasteiger partial charge in [-0.05, 0) is 20.3 Å². The Bertz CT molecular complexity index is 589. The van der Waals surface area contributed by atoms with Gasteiger partial charge in [0, 0.05) is 11.1 Å². The normalized spacial score (nSPS) is 12.4. The molecule has 0 fully saturated rings. The van der Waals surface area contributed by atoms with E-state index in [4.69, 9.17) is 5.73 Å². The lowest BCUT2D eigenvalue weighted by atomic mass is 10.2. The molecule has 0 aliphatic rings. The number of anilines is 1. The molecule has 102 valence electrons. The number of thiazole rings is 1. The number of hydrogen-bond donors (Lipinski definition) is 3. The fraction of sp³-hybridized carbons (Fsp3) is 0.417. The Labute approximate surface area is 115 Å². The highest BCUT2D eigenvalue weighted by Gasteiger charge is 2.19. The lowest BCUT2D eigenvalue weighted by Gasteiger charge is -2.10. The standard InChI is InChI=1S/C12H17N5OS/c1-4-8-9(13)10(17-16-8)11(18)15-7(3)12-14-6(2)5-19-12/h5,7H,4,13H2,1-3H3,(H,15,18)(H,16,17). The summed E-state index contributed by atoms with van der Waals surface area (Å²) in [7, 11) is 0. The molecule has 7 heteroatoms. The van der Waals surface area contributed by atoms with Crippen molar-refractivity contribution >= 4 is 22.9 Å². The Morgan fingerprint density at radius 2 is 2.37 bits per heavy atom. The molecule has 2 aromatic rings. The molecule has 1 atom stereocenters. The van der Waals surface area contributed by atoms with Crippen molar-refractivity contribution in [3.05, 3.63) is 27.5 Å². The maximum absolute atomic E-state index is 12.1. The van der Waals surface area contributed by atoms with E-state index in [1.165, 1.54) is 11.3 Å². The fourth-order valence-corrected chi connectivity index (χ4v) is 2.53. The zero-order valence-electron chi connectivity index (χ0n) is 11.2. The van der Waals surface area contributed by atoms with Gasteiger partial charge in [-0.1, -0.05) is 6.92 Å². The molecule has 1 unspecified atom stereocenters. The van der Waals surface area contributed by atoms with E-state index in [2.05, 4.69) is 20.5 Å². The van der Waals surface area contributed by atoms with Gasteiger partial charge in [0.25, 0.3) is 5.91 Å². The van der Waals surface area contributed by atoms with Crippen LogP contribution in [0.25, 0.3) is 0 Å². The molecule has 2 aromatic heterocycles. The largest absolute Gasteiger partial charge is 0.395 e. The summed E-state index contributed by atoms with van der Waals surface area (Å²) in [5.74, 6) is -0.284. The molecular formula is C12H17N5OS. The van der Waals surface area contributed by atoms with Gasteiger partial charge < -0.3 is 11.1 Å². The fourth-order valence-electron chi connectivity index (χ4n) is 1.73. The summed E-state index contributed by atoms with van der Waals surface area (Å²) in [5, 5.41) is 12.4. The van der Waals surface area contributed by atoms with E-state index in [9.17, 15) is 4.79 Å². The first-order valence-electron chi connectivity index (χ1n) is 6.08. The summed E-state index contributed by atoms with van der Waals surface area (Å²) < 4.78 is 0. The number of aromatic nitrogens is 3. The third kappa shape index (κ3) is 2.76. The van der Waals surface area contributed by atoms with Gasteiger partial charge in [-0.15, -0.1) is 11.3 Å². The second-order valence-electron chi connectivity index (χ2n) is 4.34. The Morgan fingerprint density at radius 1 is 1.63 bits per heavy atom. The lowest BCUT2D eigenvalue weighted by Crippen LogP contribution is -2.27. The molecular weight excluding hydrogens is 262 g/mol. The first-order chi connectivity index (χ1) is 9.02. The molecule has 0 bridgehead atoms. The number of aryl methyl sites for hydroxylation is 2. The predicted octanol–water partition coefficient (Wildman–Crippen LogP) is 1.81. The summed E-state index contributed by atoms with van der Waals surface area (Å²) in [4.78, 5) is 16.4. The Kier molecular flexibility index (Phi) is 3.84. The number of rotatable bonds is 4. The minimum atomic E-state index is -0.284. The molecule has 2 heterocycles. The number of carbonyl (C=O) groups excluding carboxylic acids is 1. The first kappa shape index (κ1) is 13.5. The number of nitrogens with one attached hydrogen (secondary N) is 2. The van der Waals surface area contributed by atoms with Crippen LogP contribution in [0.15, 0.2) is 5.38 Å². The molecule has 2 rings (SSSR count). The zero-order valence-corrected chi connectivity index (χ0v) is 12.0. The van der Waals surface area contributed by atoms with E-state index in [-0.39, 0.29) is 17.6 Å². The number of nitrogens with zero attached hydrogens (tertiary/aromatic N) is 2. The average molecular weight is 279 g/mol. The smallest absolute Gasteiger partial charge is 0.274 e. The highest BCUT2D eigenvalue weighted by molar-refractivity contribution is 7.09. The van der Waals surface area contributed by atoms with Crippen LogP contribution in [0.1, 0.15) is 46.8 Å². The van der Waals surface area contributed by atoms with Crippen LogP contribution in [0.5, 0.6) is 0 Å². The third-order valence-electron chi connectivity index (χ3n) is 2.81. The maximum atomic E-state index is 12.1. The van der Waals surface area contributed by atoms with Gasteiger partial charge in [0.2, 0.25) is 0 Å². The second-order valence-corrected chi connectivity index (χ2v) is 5.23. The number of aromatic amines is 1. The van der Waals surface area contributed by atoms with Gasteiger partial charge in [0.1, 0.15) is 5.01 Å². The van der Waals surface area contributed by atoms with Gasteiger partial charge in [0.05, 0.1) is 17.4 Å². The van der Waals surface area contributed by atoms with Crippen LogP contribution in [-0.4, -0.2) is 21.1 Å². The summed E-state index contributed by atoms with van der Waals surface area (Å²) in [5.41, 5.74) is 8.26. The van der Waals surface area contributed by atoms with Crippen molar-refractivity contribution in [2.24, 2.45) is 0 Å². The number of carbonyl (C=O) groups is 1. The highest BCUT2D eigenvalue weighted by atomic mass is 32.1. The number of nitrogen functional groups attached to an aromatic ring is 1. The first-order valence-corrected chi connectivity index (χ1v) is 6.96. The van der Waals surface area contributed by atoms with Crippen LogP contribution in [0.2, 0.25) is 0 Å². The Balaban J connectivity index is 2.10. The topological polar surface area (TPSA) is 96.7 Å². The van der Waals surface area contributed by atoms with E-state index >= 15 is 0 Å². The number of nitrogens with two attached hydrogens (primary N) is 1. The molecule has 19 heavy (non-hydrogen) atoms. The monoisotopic (exact) mass is 279 g/mol. The minimum absolute atomic E-state index is 0.160. The molecule has 1 amide bonds. The van der Waals surface area contributed by atoms with Crippen molar-refractivity contribution in [1.29, 1.82) is 0 Å². The van der Waals surface area contributed by atoms with Gasteiger partial charge in [-0.2, -0.15) is 5.10 Å². The molecule has 0 aromatic carbocycles. The lowest BCUT2D eigenvalue weighted by molar-refractivity contribution is 0.0935. The van der Waals surface area contributed by atoms with Crippen LogP contribution in [-0.2, 0) is 6.42 Å². The predicted molar refractivity (Wildman–Crippen MR) is 75.1 cm³/mol. The second kappa shape index (κ2) is 5.40. The van der Waals surface area contributed by atoms with Crippen LogP contribution in [0.4, 0.5) is 5.69 Å². The SMILES string of the molecule is CCc1[nH]nc(C(=O)NC(C)c2nc(C)cs2)c1N.